The van der Waals surface area contributed by atoms with Gasteiger partial charge in [0, 0.05) is 23.5 Å². The maximum Gasteiger partial charge on any atom is 0.325 e. The zero-order valence-corrected chi connectivity index (χ0v) is 17.6. The van der Waals surface area contributed by atoms with E-state index in [1.807, 2.05) is 61.7 Å². The average Bonchev–Trinajstić information content (AvgIpc) is 3.30. The Balaban J connectivity index is 1.37. The summed E-state index contributed by atoms with van der Waals surface area (Å²) < 4.78 is 0. The van der Waals surface area contributed by atoms with Crippen LogP contribution < -0.4 is 10.6 Å². The number of imide groups is 1. The molecule has 0 spiro atoms. The molecule has 1 aliphatic heterocycles. The van der Waals surface area contributed by atoms with E-state index < -0.39 is 12.1 Å². The molecule has 1 saturated heterocycles. The molecule has 7 nitrogen and oxygen atoms in total. The Hall–Kier alpha value is -3.61. The monoisotopic (exact) mass is 418 g/mol. The minimum absolute atomic E-state index is 0.221. The smallest absolute Gasteiger partial charge is 0.325 e. The largest absolute Gasteiger partial charge is 0.361 e. The van der Waals surface area contributed by atoms with Crippen LogP contribution in [0, 0.1) is 0 Å². The van der Waals surface area contributed by atoms with Crippen molar-refractivity contribution < 1.29 is 14.4 Å². The van der Waals surface area contributed by atoms with Gasteiger partial charge >= 0.3 is 6.03 Å². The Morgan fingerprint density at radius 3 is 2.61 bits per heavy atom. The first-order valence-electron chi connectivity index (χ1n) is 10.5. The van der Waals surface area contributed by atoms with Gasteiger partial charge in [-0.2, -0.15) is 0 Å². The number of carbonyl (C=O) groups excluding carboxylic acids is 3. The summed E-state index contributed by atoms with van der Waals surface area (Å²) in [6.45, 7) is 3.67. The third-order valence-electron chi connectivity index (χ3n) is 5.77. The number of amides is 4. The Morgan fingerprint density at radius 2 is 1.87 bits per heavy atom. The number of rotatable bonds is 7. The molecule has 2 atom stereocenters. The van der Waals surface area contributed by atoms with Crippen molar-refractivity contribution in [3.63, 3.8) is 0 Å². The number of aryl methyl sites for hydroxylation is 1. The Labute approximate surface area is 180 Å². The molecule has 1 aliphatic rings. The van der Waals surface area contributed by atoms with Crippen molar-refractivity contribution in [2.75, 3.05) is 6.54 Å². The fourth-order valence-electron chi connectivity index (χ4n) is 3.94. The summed E-state index contributed by atoms with van der Waals surface area (Å²) in [5.74, 6) is -0.756. The highest BCUT2D eigenvalue weighted by molar-refractivity contribution is 6.06. The maximum absolute atomic E-state index is 12.8. The van der Waals surface area contributed by atoms with Crippen LogP contribution in [-0.2, 0) is 22.4 Å². The van der Waals surface area contributed by atoms with Crippen molar-refractivity contribution in [2.24, 2.45) is 0 Å². The van der Waals surface area contributed by atoms with Gasteiger partial charge in [-0.1, -0.05) is 49.4 Å². The molecule has 0 aliphatic carbocycles. The van der Waals surface area contributed by atoms with E-state index in [4.69, 9.17) is 0 Å². The number of nitrogens with zero attached hydrogens (tertiary/aromatic N) is 1. The number of aromatic amines is 1. The molecule has 0 saturated carbocycles. The van der Waals surface area contributed by atoms with E-state index in [9.17, 15) is 14.4 Å². The van der Waals surface area contributed by atoms with Crippen molar-refractivity contribution >= 4 is 28.7 Å². The van der Waals surface area contributed by atoms with Gasteiger partial charge in [0.1, 0.15) is 12.6 Å². The lowest BCUT2D eigenvalue weighted by Gasteiger charge is -2.17. The number of hydrogen-bond acceptors (Lipinski definition) is 3. The van der Waals surface area contributed by atoms with Gasteiger partial charge in [-0.3, -0.25) is 14.5 Å². The second-order valence-corrected chi connectivity index (χ2v) is 7.87. The molecular weight excluding hydrogens is 392 g/mol. The SMILES string of the molecule is CCc1ccc(C(C)NC(=O)CN2C(=O)NC(Cc3c[nH]c4ccccc34)C2=O)cc1. The first kappa shape index (κ1) is 20.7. The summed E-state index contributed by atoms with van der Waals surface area (Å²) in [4.78, 5) is 41.8. The van der Waals surface area contributed by atoms with Gasteiger partial charge in [0.25, 0.3) is 5.91 Å². The minimum atomic E-state index is -0.682. The Morgan fingerprint density at radius 1 is 1.13 bits per heavy atom. The Bertz CT molecular complexity index is 1120. The van der Waals surface area contributed by atoms with Gasteiger partial charge < -0.3 is 15.6 Å². The molecule has 3 aromatic rings. The van der Waals surface area contributed by atoms with Crippen LogP contribution in [0.25, 0.3) is 10.9 Å². The number of urea groups is 1. The summed E-state index contributed by atoms with van der Waals surface area (Å²) in [7, 11) is 0. The van der Waals surface area contributed by atoms with Crippen molar-refractivity contribution in [3.05, 3.63) is 71.4 Å². The molecule has 2 unspecified atom stereocenters. The summed E-state index contributed by atoms with van der Waals surface area (Å²) in [6.07, 6.45) is 3.17. The average molecular weight is 418 g/mol. The van der Waals surface area contributed by atoms with E-state index in [-0.39, 0.29) is 24.4 Å². The summed E-state index contributed by atoms with van der Waals surface area (Å²) in [5, 5.41) is 6.59. The number of benzene rings is 2. The summed E-state index contributed by atoms with van der Waals surface area (Å²) >= 11 is 0. The topological polar surface area (TPSA) is 94.3 Å². The molecule has 0 radical (unpaired) electrons. The first-order chi connectivity index (χ1) is 15.0. The third kappa shape index (κ3) is 4.30. The number of fused-ring (bicyclic) bond motifs is 1. The van der Waals surface area contributed by atoms with Crippen molar-refractivity contribution in [3.8, 4) is 0 Å². The molecule has 3 N–H and O–H groups in total. The van der Waals surface area contributed by atoms with E-state index >= 15 is 0 Å². The number of H-pyrrole nitrogens is 1. The highest BCUT2D eigenvalue weighted by atomic mass is 16.2. The lowest BCUT2D eigenvalue weighted by atomic mass is 10.0. The third-order valence-corrected chi connectivity index (χ3v) is 5.77. The van der Waals surface area contributed by atoms with Crippen LogP contribution in [0.4, 0.5) is 4.79 Å². The van der Waals surface area contributed by atoms with Crippen LogP contribution in [0.3, 0.4) is 0 Å². The van der Waals surface area contributed by atoms with Gasteiger partial charge in [-0.05, 0) is 36.1 Å². The van der Waals surface area contributed by atoms with Gasteiger partial charge in [-0.25, -0.2) is 4.79 Å². The van der Waals surface area contributed by atoms with Crippen molar-refractivity contribution in [2.45, 2.75) is 38.8 Å². The molecule has 2 heterocycles. The second-order valence-electron chi connectivity index (χ2n) is 7.87. The summed E-state index contributed by atoms with van der Waals surface area (Å²) in [5.41, 5.74) is 4.12. The van der Waals surface area contributed by atoms with Crippen LogP contribution >= 0.6 is 0 Å². The molecule has 0 bridgehead atoms. The standard InChI is InChI=1S/C24H26N4O3/c1-3-16-8-10-17(11-9-16)15(2)26-22(29)14-28-23(30)21(27-24(28)31)12-18-13-25-20-7-5-4-6-19(18)20/h4-11,13,15,21,25H,3,12,14H2,1-2H3,(H,26,29)(H,27,31). The van der Waals surface area contributed by atoms with Crippen LogP contribution in [0.2, 0.25) is 0 Å². The van der Waals surface area contributed by atoms with E-state index in [1.165, 1.54) is 5.56 Å². The zero-order chi connectivity index (χ0) is 22.0. The molecule has 4 rings (SSSR count). The second kappa shape index (κ2) is 8.63. The lowest BCUT2D eigenvalue weighted by Crippen LogP contribution is -2.42. The normalized spacial score (nSPS) is 17.1. The van der Waals surface area contributed by atoms with E-state index in [2.05, 4.69) is 22.5 Å². The van der Waals surface area contributed by atoms with Crippen LogP contribution in [0.15, 0.2) is 54.7 Å². The van der Waals surface area contributed by atoms with Crippen LogP contribution in [-0.4, -0.2) is 40.3 Å². The molecule has 2 aromatic carbocycles. The van der Waals surface area contributed by atoms with Crippen LogP contribution in [0.1, 0.15) is 36.6 Å². The quantitative estimate of drug-likeness (QED) is 0.515. The van der Waals surface area contributed by atoms with Crippen LogP contribution in [0.5, 0.6) is 0 Å². The molecule has 1 fully saturated rings. The van der Waals surface area contributed by atoms with E-state index in [0.717, 1.165) is 33.4 Å². The number of carbonyl (C=O) groups is 3. The molecule has 7 heteroatoms. The van der Waals surface area contributed by atoms with Gasteiger partial charge in [0.2, 0.25) is 5.91 Å². The lowest BCUT2D eigenvalue weighted by molar-refractivity contribution is -0.132. The Kier molecular flexibility index (Phi) is 5.75. The molecule has 160 valence electrons. The number of nitrogens with one attached hydrogen (secondary N) is 3. The number of aromatic nitrogens is 1. The number of hydrogen-bond donors (Lipinski definition) is 3. The summed E-state index contributed by atoms with van der Waals surface area (Å²) in [6, 6.07) is 14.4. The molecule has 4 amide bonds. The molecule has 31 heavy (non-hydrogen) atoms. The van der Waals surface area contributed by atoms with Gasteiger partial charge in [0.15, 0.2) is 0 Å². The van der Waals surface area contributed by atoms with Crippen molar-refractivity contribution in [1.82, 2.24) is 20.5 Å². The predicted octanol–water partition coefficient (Wildman–Crippen LogP) is 3.07. The highest BCUT2D eigenvalue weighted by Crippen LogP contribution is 2.21. The molecular formula is C24H26N4O3. The van der Waals surface area contributed by atoms with Gasteiger partial charge in [0.05, 0.1) is 6.04 Å². The van der Waals surface area contributed by atoms with Gasteiger partial charge in [-0.15, -0.1) is 0 Å². The maximum atomic E-state index is 12.8. The highest BCUT2D eigenvalue weighted by Gasteiger charge is 2.39. The fraction of sp³-hybridized carbons (Fsp3) is 0.292. The molecule has 1 aromatic heterocycles. The minimum Gasteiger partial charge on any atom is -0.361 e. The zero-order valence-electron chi connectivity index (χ0n) is 17.6. The number of para-hydroxylation sites is 1. The van der Waals surface area contributed by atoms with Crippen molar-refractivity contribution in [1.29, 1.82) is 0 Å². The van der Waals surface area contributed by atoms with E-state index in [0.29, 0.717) is 6.42 Å². The fourth-order valence-corrected chi connectivity index (χ4v) is 3.94. The first-order valence-corrected chi connectivity index (χ1v) is 10.5. The van der Waals surface area contributed by atoms with E-state index in [1.54, 1.807) is 0 Å². The predicted molar refractivity (Wildman–Crippen MR) is 118 cm³/mol.